The van der Waals surface area contributed by atoms with Crippen molar-refractivity contribution < 1.29 is 9.53 Å². The van der Waals surface area contributed by atoms with Crippen LogP contribution in [0.25, 0.3) is 0 Å². The molecule has 0 saturated carbocycles. The molecule has 1 saturated heterocycles. The first-order valence-corrected chi connectivity index (χ1v) is 6.77. The third-order valence-corrected chi connectivity index (χ3v) is 3.69. The number of likely N-dealkylation sites (N-methyl/N-ethyl adjacent to an activating group) is 1. The number of benzene rings is 1. The molecule has 4 heteroatoms. The standard InChI is InChI=1S/C15H22N2O2/c1-11-5-3-4-6-12(11)10-17(2)15(18)14-8-7-13(9-16)19-14/h3-6,13-14H,7-10,16H2,1-2H3. The van der Waals surface area contributed by atoms with Crippen molar-refractivity contribution in [1.82, 2.24) is 4.90 Å². The quantitative estimate of drug-likeness (QED) is 0.893. The fourth-order valence-corrected chi connectivity index (χ4v) is 2.43. The van der Waals surface area contributed by atoms with E-state index in [0.29, 0.717) is 13.1 Å². The first kappa shape index (κ1) is 14.0. The van der Waals surface area contributed by atoms with Crippen LogP contribution >= 0.6 is 0 Å². The second-order valence-electron chi connectivity index (χ2n) is 5.18. The maximum absolute atomic E-state index is 12.3. The van der Waals surface area contributed by atoms with Crippen LogP contribution in [0.4, 0.5) is 0 Å². The van der Waals surface area contributed by atoms with Gasteiger partial charge in [-0.3, -0.25) is 4.79 Å². The van der Waals surface area contributed by atoms with E-state index in [1.54, 1.807) is 4.90 Å². The van der Waals surface area contributed by atoms with Gasteiger partial charge in [0.2, 0.25) is 0 Å². The average molecular weight is 262 g/mol. The van der Waals surface area contributed by atoms with E-state index in [1.807, 2.05) is 19.2 Å². The van der Waals surface area contributed by atoms with Gasteiger partial charge in [0.05, 0.1) is 6.10 Å². The van der Waals surface area contributed by atoms with Crippen molar-refractivity contribution in [3.05, 3.63) is 35.4 Å². The number of carbonyl (C=O) groups is 1. The zero-order valence-electron chi connectivity index (χ0n) is 11.6. The number of hydrogen-bond acceptors (Lipinski definition) is 3. The molecule has 1 aliphatic heterocycles. The number of hydrogen-bond donors (Lipinski definition) is 1. The Kier molecular flexibility index (Phi) is 4.56. The second-order valence-corrected chi connectivity index (χ2v) is 5.18. The number of nitrogens with zero attached hydrogens (tertiary/aromatic N) is 1. The van der Waals surface area contributed by atoms with Gasteiger partial charge in [0.15, 0.2) is 0 Å². The van der Waals surface area contributed by atoms with Gasteiger partial charge in [-0.1, -0.05) is 24.3 Å². The number of amides is 1. The molecule has 2 atom stereocenters. The number of aryl methyl sites for hydroxylation is 1. The summed E-state index contributed by atoms with van der Waals surface area (Å²) in [6.07, 6.45) is 1.38. The Morgan fingerprint density at radius 2 is 2.16 bits per heavy atom. The summed E-state index contributed by atoms with van der Waals surface area (Å²) < 4.78 is 5.65. The van der Waals surface area contributed by atoms with Gasteiger partial charge in [-0.25, -0.2) is 0 Å². The third kappa shape index (κ3) is 3.33. The van der Waals surface area contributed by atoms with Crippen LogP contribution in [0.3, 0.4) is 0 Å². The molecular formula is C15H22N2O2. The van der Waals surface area contributed by atoms with Gasteiger partial charge in [-0.2, -0.15) is 0 Å². The Labute approximate surface area is 114 Å². The Bertz CT molecular complexity index is 448. The van der Waals surface area contributed by atoms with Crippen molar-refractivity contribution in [3.8, 4) is 0 Å². The summed E-state index contributed by atoms with van der Waals surface area (Å²) in [6, 6.07) is 8.12. The number of carbonyl (C=O) groups excluding carboxylic acids is 1. The lowest BCUT2D eigenvalue weighted by molar-refractivity contribution is -0.141. The zero-order valence-corrected chi connectivity index (χ0v) is 11.6. The molecule has 0 aliphatic carbocycles. The van der Waals surface area contributed by atoms with Crippen LogP contribution in [0, 0.1) is 6.92 Å². The molecule has 1 heterocycles. The minimum atomic E-state index is -0.317. The third-order valence-electron chi connectivity index (χ3n) is 3.69. The highest BCUT2D eigenvalue weighted by molar-refractivity contribution is 5.81. The van der Waals surface area contributed by atoms with Crippen LogP contribution in [-0.4, -0.2) is 36.6 Å². The molecule has 0 bridgehead atoms. The lowest BCUT2D eigenvalue weighted by Crippen LogP contribution is -2.36. The SMILES string of the molecule is Cc1ccccc1CN(C)C(=O)C1CCC(CN)O1. The Morgan fingerprint density at radius 1 is 1.42 bits per heavy atom. The van der Waals surface area contributed by atoms with Crippen LogP contribution in [-0.2, 0) is 16.1 Å². The molecule has 2 N–H and O–H groups in total. The van der Waals surface area contributed by atoms with Gasteiger partial charge in [0.25, 0.3) is 5.91 Å². The first-order valence-electron chi connectivity index (χ1n) is 6.77. The molecule has 19 heavy (non-hydrogen) atoms. The minimum Gasteiger partial charge on any atom is -0.364 e. The highest BCUT2D eigenvalue weighted by Gasteiger charge is 2.31. The summed E-state index contributed by atoms with van der Waals surface area (Å²) >= 11 is 0. The minimum absolute atomic E-state index is 0.0424. The van der Waals surface area contributed by atoms with E-state index in [9.17, 15) is 4.79 Å². The molecule has 1 amide bonds. The smallest absolute Gasteiger partial charge is 0.251 e. The van der Waals surface area contributed by atoms with Gasteiger partial charge in [-0.15, -0.1) is 0 Å². The van der Waals surface area contributed by atoms with E-state index in [-0.39, 0.29) is 18.1 Å². The van der Waals surface area contributed by atoms with E-state index >= 15 is 0 Å². The van der Waals surface area contributed by atoms with Gasteiger partial charge in [-0.05, 0) is 30.9 Å². The molecule has 0 aromatic heterocycles. The van der Waals surface area contributed by atoms with Crippen molar-refractivity contribution in [2.45, 2.75) is 38.5 Å². The largest absolute Gasteiger partial charge is 0.364 e. The van der Waals surface area contributed by atoms with Crippen molar-refractivity contribution >= 4 is 5.91 Å². The molecule has 104 valence electrons. The highest BCUT2D eigenvalue weighted by Crippen LogP contribution is 2.21. The molecule has 1 aromatic carbocycles. The number of nitrogens with two attached hydrogens (primary N) is 1. The van der Waals surface area contributed by atoms with Crippen LogP contribution in [0.1, 0.15) is 24.0 Å². The molecule has 4 nitrogen and oxygen atoms in total. The second kappa shape index (κ2) is 6.17. The van der Waals surface area contributed by atoms with E-state index < -0.39 is 0 Å². The normalized spacial score (nSPS) is 22.5. The van der Waals surface area contributed by atoms with Crippen molar-refractivity contribution in [2.75, 3.05) is 13.6 Å². The van der Waals surface area contributed by atoms with Gasteiger partial charge in [0.1, 0.15) is 6.10 Å². The fraction of sp³-hybridized carbons (Fsp3) is 0.533. The Morgan fingerprint density at radius 3 is 2.79 bits per heavy atom. The number of ether oxygens (including phenoxy) is 1. The van der Waals surface area contributed by atoms with Crippen LogP contribution < -0.4 is 5.73 Å². The molecule has 2 rings (SSSR count). The lowest BCUT2D eigenvalue weighted by atomic mass is 10.1. The summed E-state index contributed by atoms with van der Waals surface area (Å²) in [6.45, 7) is 3.17. The maximum atomic E-state index is 12.3. The van der Waals surface area contributed by atoms with Crippen molar-refractivity contribution in [3.63, 3.8) is 0 Å². The lowest BCUT2D eigenvalue weighted by Gasteiger charge is -2.22. The van der Waals surface area contributed by atoms with Gasteiger partial charge < -0.3 is 15.4 Å². The maximum Gasteiger partial charge on any atom is 0.251 e. The average Bonchev–Trinajstić information content (AvgIpc) is 2.89. The van der Waals surface area contributed by atoms with Gasteiger partial charge in [0, 0.05) is 20.1 Å². The topological polar surface area (TPSA) is 55.6 Å². The molecule has 1 aromatic rings. The van der Waals surface area contributed by atoms with E-state index in [0.717, 1.165) is 12.8 Å². The van der Waals surface area contributed by atoms with Crippen LogP contribution in [0.5, 0.6) is 0 Å². The summed E-state index contributed by atoms with van der Waals surface area (Å²) in [4.78, 5) is 14.0. The fourth-order valence-electron chi connectivity index (χ4n) is 2.43. The van der Waals surface area contributed by atoms with E-state index in [2.05, 4.69) is 19.1 Å². The molecule has 1 fully saturated rings. The van der Waals surface area contributed by atoms with E-state index in [4.69, 9.17) is 10.5 Å². The molecule has 1 aliphatic rings. The van der Waals surface area contributed by atoms with E-state index in [1.165, 1.54) is 11.1 Å². The highest BCUT2D eigenvalue weighted by atomic mass is 16.5. The summed E-state index contributed by atoms with van der Waals surface area (Å²) in [5, 5.41) is 0. The molecule has 0 spiro atoms. The Balaban J connectivity index is 1.95. The first-order chi connectivity index (χ1) is 9.11. The van der Waals surface area contributed by atoms with Gasteiger partial charge >= 0.3 is 0 Å². The summed E-state index contributed by atoms with van der Waals surface area (Å²) in [7, 11) is 1.83. The summed E-state index contributed by atoms with van der Waals surface area (Å²) in [5.74, 6) is 0.0548. The molecular weight excluding hydrogens is 240 g/mol. The number of rotatable bonds is 4. The molecule has 2 unspecified atom stereocenters. The van der Waals surface area contributed by atoms with Crippen molar-refractivity contribution in [2.24, 2.45) is 5.73 Å². The van der Waals surface area contributed by atoms with Crippen LogP contribution in [0.2, 0.25) is 0 Å². The van der Waals surface area contributed by atoms with Crippen molar-refractivity contribution in [1.29, 1.82) is 0 Å². The zero-order chi connectivity index (χ0) is 13.8. The van der Waals surface area contributed by atoms with Crippen LogP contribution in [0.15, 0.2) is 24.3 Å². The molecule has 0 radical (unpaired) electrons. The predicted molar refractivity (Wildman–Crippen MR) is 74.6 cm³/mol. The monoisotopic (exact) mass is 262 g/mol. The predicted octanol–water partition coefficient (Wildman–Crippen LogP) is 1.46. The Hall–Kier alpha value is -1.39. The summed E-state index contributed by atoms with van der Waals surface area (Å²) in [5.41, 5.74) is 7.94.